The number of nitrogens with zero attached hydrogens (tertiary/aromatic N) is 4. The van der Waals surface area contributed by atoms with Crippen molar-refractivity contribution in [3.05, 3.63) is 47.6 Å². The van der Waals surface area contributed by atoms with Crippen LogP contribution in [-0.4, -0.2) is 19.1 Å². The second kappa shape index (κ2) is 5.15. The molecule has 0 spiro atoms. The lowest BCUT2D eigenvalue weighted by molar-refractivity contribution is 0.620. The minimum atomic E-state index is -0.263. The lowest BCUT2D eigenvalue weighted by Crippen LogP contribution is -2.09. The molecule has 1 atom stereocenters. The molecule has 1 unspecified atom stereocenters. The SMILES string of the molecule is Cc1cc2c(cc1F)nc(C(C)Cl)n2Cc1nccn1C. The molecule has 0 aliphatic carbocycles. The van der Waals surface area contributed by atoms with Gasteiger partial charge in [-0.3, -0.25) is 0 Å². The van der Waals surface area contributed by atoms with Gasteiger partial charge in [-0.1, -0.05) is 0 Å². The first-order chi connectivity index (χ1) is 9.97. The summed E-state index contributed by atoms with van der Waals surface area (Å²) in [6, 6.07) is 3.27. The molecule has 21 heavy (non-hydrogen) atoms. The predicted octanol–water partition coefficient (Wildman–Crippen LogP) is 3.57. The molecule has 0 fully saturated rings. The summed E-state index contributed by atoms with van der Waals surface area (Å²) in [7, 11) is 1.94. The maximum atomic E-state index is 13.7. The molecule has 6 heteroatoms. The lowest BCUT2D eigenvalue weighted by atomic mass is 10.2. The zero-order chi connectivity index (χ0) is 15.1. The second-order valence-electron chi connectivity index (χ2n) is 5.22. The molecule has 3 aromatic rings. The Morgan fingerprint density at radius 3 is 2.76 bits per heavy atom. The third-order valence-corrected chi connectivity index (χ3v) is 3.83. The van der Waals surface area contributed by atoms with Crippen LogP contribution in [0.2, 0.25) is 0 Å². The molecular formula is C15H16ClFN4. The molecule has 2 heterocycles. The van der Waals surface area contributed by atoms with Gasteiger partial charge >= 0.3 is 0 Å². The number of benzene rings is 1. The molecule has 0 amide bonds. The van der Waals surface area contributed by atoms with Crippen LogP contribution in [0, 0.1) is 12.7 Å². The summed E-state index contributed by atoms with van der Waals surface area (Å²) in [6.45, 7) is 4.16. The van der Waals surface area contributed by atoms with Gasteiger partial charge in [-0.25, -0.2) is 14.4 Å². The minimum absolute atomic E-state index is 0.252. The van der Waals surface area contributed by atoms with Gasteiger partial charge in [0.05, 0.1) is 23.0 Å². The number of halogens is 2. The van der Waals surface area contributed by atoms with Gasteiger partial charge < -0.3 is 9.13 Å². The van der Waals surface area contributed by atoms with Crippen LogP contribution in [-0.2, 0) is 13.6 Å². The maximum Gasteiger partial charge on any atom is 0.128 e. The van der Waals surface area contributed by atoms with Crippen molar-refractivity contribution in [1.29, 1.82) is 0 Å². The van der Waals surface area contributed by atoms with E-state index < -0.39 is 0 Å². The fourth-order valence-corrected chi connectivity index (χ4v) is 2.60. The molecule has 0 saturated heterocycles. The Morgan fingerprint density at radius 2 is 2.14 bits per heavy atom. The van der Waals surface area contributed by atoms with Crippen LogP contribution in [0.5, 0.6) is 0 Å². The van der Waals surface area contributed by atoms with Crippen molar-refractivity contribution in [3.63, 3.8) is 0 Å². The van der Waals surface area contributed by atoms with Gasteiger partial charge in [0, 0.05) is 25.5 Å². The summed E-state index contributed by atoms with van der Waals surface area (Å²) in [4.78, 5) is 8.81. The van der Waals surface area contributed by atoms with Crippen molar-refractivity contribution in [2.45, 2.75) is 25.8 Å². The third kappa shape index (κ3) is 2.42. The van der Waals surface area contributed by atoms with E-state index in [1.54, 1.807) is 13.1 Å². The number of hydrogen-bond donors (Lipinski definition) is 0. The van der Waals surface area contributed by atoms with Gasteiger partial charge in [-0.2, -0.15) is 0 Å². The molecule has 110 valence electrons. The summed E-state index contributed by atoms with van der Waals surface area (Å²) in [6.07, 6.45) is 3.65. The Bertz CT molecular complexity index is 803. The summed E-state index contributed by atoms with van der Waals surface area (Å²) < 4.78 is 17.7. The molecule has 0 aliphatic heterocycles. The fraction of sp³-hybridized carbons (Fsp3) is 0.333. The highest BCUT2D eigenvalue weighted by Gasteiger charge is 2.17. The highest BCUT2D eigenvalue weighted by Crippen LogP contribution is 2.27. The molecule has 2 aromatic heterocycles. The number of imidazole rings is 2. The molecule has 0 radical (unpaired) electrons. The van der Waals surface area contributed by atoms with E-state index in [9.17, 15) is 4.39 Å². The Morgan fingerprint density at radius 1 is 1.38 bits per heavy atom. The van der Waals surface area contributed by atoms with Crippen LogP contribution in [0.25, 0.3) is 11.0 Å². The lowest BCUT2D eigenvalue weighted by Gasteiger charge is -2.10. The Hall–Kier alpha value is -1.88. The molecule has 1 aromatic carbocycles. The van der Waals surface area contributed by atoms with E-state index >= 15 is 0 Å². The van der Waals surface area contributed by atoms with Crippen molar-refractivity contribution in [1.82, 2.24) is 19.1 Å². The molecular weight excluding hydrogens is 291 g/mol. The number of fused-ring (bicyclic) bond motifs is 1. The van der Waals surface area contributed by atoms with E-state index in [4.69, 9.17) is 11.6 Å². The highest BCUT2D eigenvalue weighted by atomic mass is 35.5. The fourth-order valence-electron chi connectivity index (χ4n) is 2.43. The summed E-state index contributed by atoms with van der Waals surface area (Å²) in [5.41, 5.74) is 2.09. The van der Waals surface area contributed by atoms with Crippen molar-refractivity contribution >= 4 is 22.6 Å². The van der Waals surface area contributed by atoms with E-state index in [1.165, 1.54) is 6.07 Å². The molecule has 0 N–H and O–H groups in total. The van der Waals surface area contributed by atoms with Crippen molar-refractivity contribution in [3.8, 4) is 0 Å². The number of aromatic nitrogens is 4. The number of rotatable bonds is 3. The quantitative estimate of drug-likeness (QED) is 0.694. The van der Waals surface area contributed by atoms with Crippen LogP contribution in [0.3, 0.4) is 0 Å². The largest absolute Gasteiger partial charge is 0.337 e. The normalized spacial score (nSPS) is 13.0. The van der Waals surface area contributed by atoms with Crippen LogP contribution >= 0.6 is 11.6 Å². The average Bonchev–Trinajstić information content (AvgIpc) is 2.97. The summed E-state index contributed by atoms with van der Waals surface area (Å²) >= 11 is 6.24. The van der Waals surface area contributed by atoms with Gasteiger partial charge in [0.15, 0.2) is 0 Å². The zero-order valence-corrected chi connectivity index (χ0v) is 12.9. The summed E-state index contributed by atoms with van der Waals surface area (Å²) in [5.74, 6) is 1.37. The molecule has 3 rings (SSSR count). The Labute approximate surface area is 127 Å². The monoisotopic (exact) mass is 306 g/mol. The number of alkyl halides is 1. The molecule has 4 nitrogen and oxygen atoms in total. The Balaban J connectivity index is 2.20. The highest BCUT2D eigenvalue weighted by molar-refractivity contribution is 6.20. The van der Waals surface area contributed by atoms with Crippen LogP contribution in [0.4, 0.5) is 4.39 Å². The molecule has 0 saturated carbocycles. The third-order valence-electron chi connectivity index (χ3n) is 3.63. The first kappa shape index (κ1) is 14.1. The molecule has 0 bridgehead atoms. The second-order valence-corrected chi connectivity index (χ2v) is 5.87. The van der Waals surface area contributed by atoms with Crippen LogP contribution < -0.4 is 0 Å². The van der Waals surface area contributed by atoms with Gasteiger partial charge in [-0.15, -0.1) is 11.6 Å². The number of hydrogen-bond acceptors (Lipinski definition) is 2. The van der Waals surface area contributed by atoms with Crippen molar-refractivity contribution < 1.29 is 4.39 Å². The smallest absolute Gasteiger partial charge is 0.128 e. The molecule has 0 aliphatic rings. The standard InChI is InChI=1S/C15H16ClFN4/c1-9-6-13-12(7-11(9)17)19-15(10(2)16)21(13)8-14-18-4-5-20(14)3/h4-7,10H,8H2,1-3H3. The van der Waals surface area contributed by atoms with Crippen LogP contribution in [0.1, 0.15) is 29.5 Å². The van der Waals surface area contributed by atoms with Crippen molar-refractivity contribution in [2.24, 2.45) is 7.05 Å². The first-order valence-corrected chi connectivity index (χ1v) is 7.17. The van der Waals surface area contributed by atoms with Crippen LogP contribution in [0.15, 0.2) is 24.5 Å². The average molecular weight is 307 g/mol. The topological polar surface area (TPSA) is 35.6 Å². The van der Waals surface area contributed by atoms with E-state index in [2.05, 4.69) is 9.97 Å². The zero-order valence-electron chi connectivity index (χ0n) is 12.1. The van der Waals surface area contributed by atoms with Gasteiger partial charge in [0.1, 0.15) is 17.5 Å². The van der Waals surface area contributed by atoms with Crippen molar-refractivity contribution in [2.75, 3.05) is 0 Å². The summed E-state index contributed by atoms with van der Waals surface area (Å²) in [5, 5.41) is -0.263. The van der Waals surface area contributed by atoms with E-state index in [0.29, 0.717) is 17.6 Å². The van der Waals surface area contributed by atoms with E-state index in [-0.39, 0.29) is 11.2 Å². The predicted molar refractivity (Wildman–Crippen MR) is 81.0 cm³/mol. The maximum absolute atomic E-state index is 13.7. The first-order valence-electron chi connectivity index (χ1n) is 6.74. The van der Waals surface area contributed by atoms with Gasteiger partial charge in [0.2, 0.25) is 0 Å². The van der Waals surface area contributed by atoms with Gasteiger partial charge in [-0.05, 0) is 25.5 Å². The van der Waals surface area contributed by atoms with E-state index in [1.807, 2.05) is 35.4 Å². The van der Waals surface area contributed by atoms with Gasteiger partial charge in [0.25, 0.3) is 0 Å². The number of aryl methyl sites for hydroxylation is 2. The Kier molecular flexibility index (Phi) is 3.45. The van der Waals surface area contributed by atoms with E-state index in [0.717, 1.165) is 17.2 Å². The minimum Gasteiger partial charge on any atom is -0.337 e.